The summed E-state index contributed by atoms with van der Waals surface area (Å²) >= 11 is 0. The highest BCUT2D eigenvalue weighted by Gasteiger charge is 2.13. The smallest absolute Gasteiger partial charge is 0.315 e. The molecule has 0 radical (unpaired) electrons. The lowest BCUT2D eigenvalue weighted by molar-refractivity contribution is -0.137. The van der Waals surface area contributed by atoms with Crippen molar-refractivity contribution < 1.29 is 14.7 Å². The molecule has 0 heterocycles. The van der Waals surface area contributed by atoms with E-state index in [-0.39, 0.29) is 12.5 Å². The third-order valence-electron chi connectivity index (χ3n) is 3.54. The van der Waals surface area contributed by atoms with Crippen LogP contribution in [0.15, 0.2) is 0 Å². The zero-order valence-electron chi connectivity index (χ0n) is 11.6. The van der Waals surface area contributed by atoms with E-state index in [1.54, 1.807) is 0 Å². The Labute approximate surface area is 115 Å². The van der Waals surface area contributed by atoms with E-state index >= 15 is 0 Å². The van der Waals surface area contributed by atoms with Crippen LogP contribution in [0.5, 0.6) is 0 Å². The molecule has 0 aliphatic heterocycles. The van der Waals surface area contributed by atoms with Gasteiger partial charge in [0.05, 0.1) is 0 Å². The van der Waals surface area contributed by atoms with Crippen molar-refractivity contribution in [2.75, 3.05) is 6.54 Å². The van der Waals surface area contributed by atoms with E-state index < -0.39 is 5.97 Å². The van der Waals surface area contributed by atoms with Crippen LogP contribution in [0.4, 0.5) is 4.79 Å². The largest absolute Gasteiger partial charge is 0.481 e. The maximum absolute atomic E-state index is 11.7. The van der Waals surface area contributed by atoms with E-state index in [1.807, 2.05) is 0 Å². The summed E-state index contributed by atoms with van der Waals surface area (Å²) in [5.74, 6) is -0.779. The monoisotopic (exact) mass is 270 g/mol. The minimum absolute atomic E-state index is 0.110. The maximum Gasteiger partial charge on any atom is 0.315 e. The normalized spacial score (nSPS) is 17.3. The topological polar surface area (TPSA) is 78.4 Å². The van der Waals surface area contributed by atoms with Crippen LogP contribution < -0.4 is 10.6 Å². The summed E-state index contributed by atoms with van der Waals surface area (Å²) in [6.45, 7) is 0.547. The summed E-state index contributed by atoms with van der Waals surface area (Å²) in [6.07, 6.45) is 9.91. The highest BCUT2D eigenvalue weighted by atomic mass is 16.4. The lowest BCUT2D eigenvalue weighted by Crippen LogP contribution is -2.42. The van der Waals surface area contributed by atoms with E-state index in [0.29, 0.717) is 25.4 Å². The van der Waals surface area contributed by atoms with Crippen LogP contribution >= 0.6 is 0 Å². The first-order valence-electron chi connectivity index (χ1n) is 7.44. The summed E-state index contributed by atoms with van der Waals surface area (Å²) in [4.78, 5) is 22.0. The Morgan fingerprint density at radius 2 is 1.63 bits per heavy atom. The van der Waals surface area contributed by atoms with Crippen molar-refractivity contribution in [2.45, 2.75) is 70.3 Å². The van der Waals surface area contributed by atoms with Crippen molar-refractivity contribution in [3.8, 4) is 0 Å². The van der Waals surface area contributed by atoms with E-state index in [0.717, 1.165) is 12.8 Å². The number of nitrogens with one attached hydrogen (secondary N) is 2. The molecule has 3 N–H and O–H groups in total. The molecule has 5 heteroatoms. The second-order valence-electron chi connectivity index (χ2n) is 5.29. The minimum atomic E-state index is -0.779. The highest BCUT2D eigenvalue weighted by molar-refractivity contribution is 5.74. The van der Waals surface area contributed by atoms with Crippen LogP contribution in [0.1, 0.15) is 64.2 Å². The summed E-state index contributed by atoms with van der Waals surface area (Å²) < 4.78 is 0. The first kappa shape index (κ1) is 15.8. The number of hydrogen-bond acceptors (Lipinski definition) is 2. The van der Waals surface area contributed by atoms with Gasteiger partial charge in [-0.25, -0.2) is 4.79 Å². The molecule has 1 saturated carbocycles. The van der Waals surface area contributed by atoms with E-state index in [4.69, 9.17) is 5.11 Å². The lowest BCUT2D eigenvalue weighted by atomic mass is 9.97. The zero-order valence-corrected chi connectivity index (χ0v) is 11.6. The Bertz CT molecular complexity index is 274. The molecule has 0 bridgehead atoms. The van der Waals surface area contributed by atoms with Crippen molar-refractivity contribution in [3.63, 3.8) is 0 Å². The second-order valence-corrected chi connectivity index (χ2v) is 5.29. The van der Waals surface area contributed by atoms with Crippen LogP contribution in [-0.4, -0.2) is 29.7 Å². The van der Waals surface area contributed by atoms with Crippen LogP contribution in [0.2, 0.25) is 0 Å². The summed E-state index contributed by atoms with van der Waals surface area (Å²) in [5, 5.41) is 14.3. The molecule has 0 aromatic heterocycles. The number of urea groups is 1. The van der Waals surface area contributed by atoms with Gasteiger partial charge < -0.3 is 15.7 Å². The Kier molecular flexibility index (Phi) is 8.02. The van der Waals surface area contributed by atoms with Gasteiger partial charge in [-0.3, -0.25) is 4.79 Å². The van der Waals surface area contributed by atoms with Crippen LogP contribution in [0.3, 0.4) is 0 Å². The predicted octanol–water partition coefficient (Wildman–Crippen LogP) is 2.65. The molecule has 5 nitrogen and oxygen atoms in total. The number of carbonyl (C=O) groups is 2. The fraction of sp³-hybridized carbons (Fsp3) is 0.857. The van der Waals surface area contributed by atoms with Crippen molar-refractivity contribution in [2.24, 2.45) is 0 Å². The lowest BCUT2D eigenvalue weighted by Gasteiger charge is -2.21. The molecule has 1 fully saturated rings. The Morgan fingerprint density at radius 3 is 2.26 bits per heavy atom. The van der Waals surface area contributed by atoms with Crippen LogP contribution in [-0.2, 0) is 4.79 Å². The molecule has 0 unspecified atom stereocenters. The molecule has 1 rings (SSSR count). The molecule has 2 amide bonds. The first-order chi connectivity index (χ1) is 9.18. The van der Waals surface area contributed by atoms with Gasteiger partial charge in [-0.15, -0.1) is 0 Å². The quantitative estimate of drug-likeness (QED) is 0.649. The zero-order chi connectivity index (χ0) is 13.9. The SMILES string of the molecule is O=C(O)CCCCNC(=O)NC1CCCCCCC1. The summed E-state index contributed by atoms with van der Waals surface area (Å²) in [6, 6.07) is 0.195. The molecule has 19 heavy (non-hydrogen) atoms. The van der Waals surface area contributed by atoms with Gasteiger partial charge in [-0.2, -0.15) is 0 Å². The van der Waals surface area contributed by atoms with Crippen molar-refractivity contribution >= 4 is 12.0 Å². The standard InChI is InChI=1S/C14H26N2O3/c17-13(18)10-6-7-11-15-14(19)16-12-8-4-2-1-3-5-9-12/h12H,1-11H2,(H,17,18)(H2,15,16,19). The van der Waals surface area contributed by atoms with Gasteiger partial charge >= 0.3 is 12.0 Å². The Hall–Kier alpha value is -1.26. The first-order valence-corrected chi connectivity index (χ1v) is 7.44. The number of rotatable bonds is 6. The van der Waals surface area contributed by atoms with Crippen LogP contribution in [0.25, 0.3) is 0 Å². The molecule has 1 aliphatic carbocycles. The van der Waals surface area contributed by atoms with Crippen molar-refractivity contribution in [1.82, 2.24) is 10.6 Å². The van der Waals surface area contributed by atoms with Gasteiger partial charge in [0.15, 0.2) is 0 Å². The van der Waals surface area contributed by atoms with Crippen molar-refractivity contribution in [1.29, 1.82) is 0 Å². The number of carboxylic acids is 1. The van der Waals surface area contributed by atoms with Gasteiger partial charge in [0.1, 0.15) is 0 Å². The van der Waals surface area contributed by atoms with Gasteiger partial charge in [0.25, 0.3) is 0 Å². The van der Waals surface area contributed by atoms with E-state index in [1.165, 1.54) is 32.1 Å². The van der Waals surface area contributed by atoms with Gasteiger partial charge in [-0.05, 0) is 25.7 Å². The van der Waals surface area contributed by atoms with Gasteiger partial charge in [-0.1, -0.05) is 32.1 Å². The molecule has 1 aliphatic rings. The van der Waals surface area contributed by atoms with Crippen molar-refractivity contribution in [3.05, 3.63) is 0 Å². The second kappa shape index (κ2) is 9.64. The summed E-state index contributed by atoms with van der Waals surface area (Å²) in [5.41, 5.74) is 0. The fourth-order valence-electron chi connectivity index (χ4n) is 2.44. The third kappa shape index (κ3) is 8.46. The average Bonchev–Trinajstić information content (AvgIpc) is 2.31. The molecule has 0 saturated heterocycles. The predicted molar refractivity (Wildman–Crippen MR) is 74.1 cm³/mol. The van der Waals surface area contributed by atoms with E-state index in [2.05, 4.69) is 10.6 Å². The van der Waals surface area contributed by atoms with E-state index in [9.17, 15) is 9.59 Å². The number of carboxylic acid groups (broad SMARTS) is 1. The molecule has 0 aromatic carbocycles. The molecule has 0 atom stereocenters. The Morgan fingerprint density at radius 1 is 1.00 bits per heavy atom. The number of aliphatic carboxylic acids is 1. The Balaban J connectivity index is 2.06. The molecule has 0 spiro atoms. The average molecular weight is 270 g/mol. The third-order valence-corrected chi connectivity index (χ3v) is 3.54. The molecular formula is C14H26N2O3. The minimum Gasteiger partial charge on any atom is -0.481 e. The van der Waals surface area contributed by atoms with Crippen LogP contribution in [0, 0.1) is 0 Å². The maximum atomic E-state index is 11.7. The number of amides is 2. The number of unbranched alkanes of at least 4 members (excludes halogenated alkanes) is 1. The van der Waals surface area contributed by atoms with Gasteiger partial charge in [0, 0.05) is 19.0 Å². The number of carbonyl (C=O) groups excluding carboxylic acids is 1. The fourth-order valence-corrected chi connectivity index (χ4v) is 2.44. The highest BCUT2D eigenvalue weighted by Crippen LogP contribution is 2.16. The summed E-state index contributed by atoms with van der Waals surface area (Å²) in [7, 11) is 0. The molecular weight excluding hydrogens is 244 g/mol. The molecule has 110 valence electrons. The number of hydrogen-bond donors (Lipinski definition) is 3. The molecule has 0 aromatic rings. The van der Waals surface area contributed by atoms with Gasteiger partial charge in [0.2, 0.25) is 0 Å².